The third-order valence-electron chi connectivity index (χ3n) is 3.90. The van der Waals surface area contributed by atoms with Gasteiger partial charge in [0, 0.05) is 10.7 Å². The average Bonchev–Trinajstić information content (AvgIpc) is 3.09. The van der Waals surface area contributed by atoms with Gasteiger partial charge in [0.25, 0.3) is 0 Å². The molecule has 3 N–H and O–H groups in total. The first-order valence-corrected chi connectivity index (χ1v) is 8.20. The van der Waals surface area contributed by atoms with Gasteiger partial charge in [-0.3, -0.25) is 9.59 Å². The van der Waals surface area contributed by atoms with Gasteiger partial charge in [-0.25, -0.2) is 0 Å². The van der Waals surface area contributed by atoms with Crippen LogP contribution >= 0.6 is 11.6 Å². The number of aliphatic hydroxyl groups is 1. The van der Waals surface area contributed by atoms with Crippen LogP contribution in [0.3, 0.4) is 0 Å². The molecule has 1 atom stereocenters. The number of rotatable bonds is 4. The summed E-state index contributed by atoms with van der Waals surface area (Å²) in [5, 5.41) is 16.0. The number of halogens is 1. The fourth-order valence-corrected chi connectivity index (χ4v) is 2.51. The van der Waals surface area contributed by atoms with Gasteiger partial charge in [0.1, 0.15) is 5.60 Å². The number of fused-ring (bicyclic) bond motifs is 1. The molecule has 1 aliphatic heterocycles. The molecule has 136 valence electrons. The molecule has 0 saturated carbocycles. The van der Waals surface area contributed by atoms with Crippen molar-refractivity contribution in [1.82, 2.24) is 5.32 Å². The predicted molar refractivity (Wildman–Crippen MR) is 95.2 cm³/mol. The Bertz CT molecular complexity index is 836. The minimum Gasteiger partial charge on any atom is -0.454 e. The molecule has 1 aliphatic rings. The van der Waals surface area contributed by atoms with E-state index >= 15 is 0 Å². The minimum atomic E-state index is -1.39. The van der Waals surface area contributed by atoms with Crippen LogP contribution in [-0.2, 0) is 15.2 Å². The van der Waals surface area contributed by atoms with E-state index < -0.39 is 17.4 Å². The first kappa shape index (κ1) is 18.0. The summed E-state index contributed by atoms with van der Waals surface area (Å²) in [7, 11) is 0. The lowest BCUT2D eigenvalue weighted by Gasteiger charge is -2.24. The summed E-state index contributed by atoms with van der Waals surface area (Å²) in [6.45, 7) is 1.50. The second-order valence-corrected chi connectivity index (χ2v) is 6.42. The molecule has 8 heteroatoms. The standard InChI is InChI=1S/C18H17ClN2O5/c1-18(24,11-2-7-14-15(8-11)26-10-25-14)9-20-16(22)17(23)21-13-5-3-12(19)4-6-13/h2-8,24H,9-10H2,1H3,(H,20,22)(H,21,23). The number of anilines is 1. The highest BCUT2D eigenvalue weighted by molar-refractivity contribution is 6.39. The van der Waals surface area contributed by atoms with Gasteiger partial charge in [-0.05, 0) is 48.9 Å². The Balaban J connectivity index is 1.59. The number of hydrogen-bond acceptors (Lipinski definition) is 5. The third kappa shape index (κ3) is 4.07. The second-order valence-electron chi connectivity index (χ2n) is 5.99. The Morgan fingerprint density at radius 2 is 1.81 bits per heavy atom. The van der Waals surface area contributed by atoms with Crippen molar-refractivity contribution < 1.29 is 24.2 Å². The van der Waals surface area contributed by atoms with E-state index in [0.717, 1.165) is 0 Å². The fraction of sp³-hybridized carbons (Fsp3) is 0.222. The molecule has 0 spiro atoms. The topological polar surface area (TPSA) is 96.9 Å². The number of carbonyl (C=O) groups is 2. The lowest BCUT2D eigenvalue weighted by atomic mass is 9.95. The van der Waals surface area contributed by atoms with Crippen LogP contribution < -0.4 is 20.1 Å². The quantitative estimate of drug-likeness (QED) is 0.709. The molecule has 2 aromatic rings. The van der Waals surface area contributed by atoms with Crippen LogP contribution in [0.5, 0.6) is 11.5 Å². The highest BCUT2D eigenvalue weighted by Gasteiger charge is 2.27. The Hall–Kier alpha value is -2.77. The highest BCUT2D eigenvalue weighted by Crippen LogP contribution is 2.35. The Morgan fingerprint density at radius 3 is 2.54 bits per heavy atom. The van der Waals surface area contributed by atoms with E-state index in [1.807, 2.05) is 0 Å². The zero-order valence-electron chi connectivity index (χ0n) is 13.9. The molecular weight excluding hydrogens is 360 g/mol. The van der Waals surface area contributed by atoms with Crippen LogP contribution in [0.4, 0.5) is 5.69 Å². The molecule has 7 nitrogen and oxygen atoms in total. The summed E-state index contributed by atoms with van der Waals surface area (Å²) < 4.78 is 10.5. The first-order chi connectivity index (χ1) is 12.3. The maximum absolute atomic E-state index is 12.0. The van der Waals surface area contributed by atoms with E-state index in [4.69, 9.17) is 21.1 Å². The molecule has 3 rings (SSSR count). The molecule has 2 amide bonds. The normalized spacial score (nSPS) is 14.4. The van der Waals surface area contributed by atoms with Crippen molar-refractivity contribution in [2.24, 2.45) is 0 Å². The van der Waals surface area contributed by atoms with Gasteiger partial charge < -0.3 is 25.2 Å². The number of ether oxygens (including phenoxy) is 2. The maximum atomic E-state index is 12.0. The zero-order valence-corrected chi connectivity index (χ0v) is 14.7. The summed E-state index contributed by atoms with van der Waals surface area (Å²) in [4.78, 5) is 23.9. The minimum absolute atomic E-state index is 0.128. The number of amides is 2. The summed E-state index contributed by atoms with van der Waals surface area (Å²) in [5.74, 6) is -0.583. The maximum Gasteiger partial charge on any atom is 0.313 e. The molecule has 2 aromatic carbocycles. The lowest BCUT2D eigenvalue weighted by molar-refractivity contribution is -0.136. The largest absolute Gasteiger partial charge is 0.454 e. The number of nitrogens with one attached hydrogen (secondary N) is 2. The van der Waals surface area contributed by atoms with Crippen LogP contribution in [0, 0.1) is 0 Å². The van der Waals surface area contributed by atoms with E-state index in [1.165, 1.54) is 6.92 Å². The molecule has 26 heavy (non-hydrogen) atoms. The monoisotopic (exact) mass is 376 g/mol. The molecule has 0 aromatic heterocycles. The second kappa shape index (κ2) is 7.23. The summed E-state index contributed by atoms with van der Waals surface area (Å²) >= 11 is 5.77. The average molecular weight is 377 g/mol. The number of carbonyl (C=O) groups excluding carboxylic acids is 2. The van der Waals surface area contributed by atoms with Crippen molar-refractivity contribution in [3.8, 4) is 11.5 Å². The number of hydrogen-bond donors (Lipinski definition) is 3. The van der Waals surface area contributed by atoms with E-state index in [9.17, 15) is 14.7 Å². The van der Waals surface area contributed by atoms with Crippen LogP contribution in [0.2, 0.25) is 5.02 Å². The molecule has 1 unspecified atom stereocenters. The van der Waals surface area contributed by atoms with Crippen molar-refractivity contribution in [2.75, 3.05) is 18.7 Å². The smallest absolute Gasteiger partial charge is 0.313 e. The van der Waals surface area contributed by atoms with Gasteiger partial charge in [0.05, 0.1) is 6.54 Å². The number of benzene rings is 2. The van der Waals surface area contributed by atoms with Crippen LogP contribution in [0.15, 0.2) is 42.5 Å². The summed E-state index contributed by atoms with van der Waals surface area (Å²) in [5.41, 5.74) is -0.422. The highest BCUT2D eigenvalue weighted by atomic mass is 35.5. The van der Waals surface area contributed by atoms with Gasteiger partial charge in [0.15, 0.2) is 11.5 Å². The molecular formula is C18H17ClN2O5. The molecule has 0 radical (unpaired) electrons. The predicted octanol–water partition coefficient (Wildman–Crippen LogP) is 2.03. The van der Waals surface area contributed by atoms with Crippen molar-refractivity contribution >= 4 is 29.1 Å². The van der Waals surface area contributed by atoms with Crippen molar-refractivity contribution in [1.29, 1.82) is 0 Å². The van der Waals surface area contributed by atoms with E-state index in [2.05, 4.69) is 10.6 Å². The van der Waals surface area contributed by atoms with E-state index in [1.54, 1.807) is 42.5 Å². The SMILES string of the molecule is CC(O)(CNC(=O)C(=O)Nc1ccc(Cl)cc1)c1ccc2c(c1)OCO2. The van der Waals surface area contributed by atoms with Crippen LogP contribution in [0.1, 0.15) is 12.5 Å². The van der Waals surface area contributed by atoms with Crippen molar-refractivity contribution in [2.45, 2.75) is 12.5 Å². The third-order valence-corrected chi connectivity index (χ3v) is 4.15. The summed E-state index contributed by atoms with van der Waals surface area (Å²) in [6, 6.07) is 11.3. The molecule has 0 bridgehead atoms. The molecule has 0 saturated heterocycles. The van der Waals surface area contributed by atoms with E-state index in [-0.39, 0.29) is 13.3 Å². The van der Waals surface area contributed by atoms with Gasteiger partial charge in [-0.2, -0.15) is 0 Å². The van der Waals surface area contributed by atoms with Gasteiger partial charge in [0.2, 0.25) is 6.79 Å². The Labute approximate surface area is 154 Å². The van der Waals surface area contributed by atoms with Gasteiger partial charge in [-0.15, -0.1) is 0 Å². The lowest BCUT2D eigenvalue weighted by Crippen LogP contribution is -2.43. The van der Waals surface area contributed by atoms with Gasteiger partial charge in [-0.1, -0.05) is 17.7 Å². The Kier molecular flexibility index (Phi) is 5.01. The summed E-state index contributed by atoms with van der Waals surface area (Å²) in [6.07, 6.45) is 0. The molecule has 0 fully saturated rings. The zero-order chi connectivity index (χ0) is 18.7. The Morgan fingerprint density at radius 1 is 1.12 bits per heavy atom. The molecule has 1 heterocycles. The fourth-order valence-electron chi connectivity index (χ4n) is 2.39. The molecule has 0 aliphatic carbocycles. The first-order valence-electron chi connectivity index (χ1n) is 7.82. The van der Waals surface area contributed by atoms with Gasteiger partial charge >= 0.3 is 11.8 Å². The van der Waals surface area contributed by atoms with Crippen molar-refractivity contribution in [3.05, 3.63) is 53.1 Å². The van der Waals surface area contributed by atoms with Crippen molar-refractivity contribution in [3.63, 3.8) is 0 Å². The van der Waals surface area contributed by atoms with E-state index in [0.29, 0.717) is 27.8 Å². The van der Waals surface area contributed by atoms with Crippen LogP contribution in [0.25, 0.3) is 0 Å². The van der Waals surface area contributed by atoms with Crippen LogP contribution in [-0.4, -0.2) is 30.3 Å².